The number of ether oxygens (including phenoxy) is 1. The number of amides is 1. The number of carbonyl (C=O) groups is 1. The molecule has 1 aromatic carbocycles. The van der Waals surface area contributed by atoms with Crippen molar-refractivity contribution in [3.8, 4) is 5.75 Å². The standard InChI is InChI=1S/C14H14N2O3S/c1-9-16-14(18)12(20-9)7-10-3-5-11(6-4-10)19-8-13(17)15-2/h3-7H,1,8H2,2H3,(H,15,17)(H,16,18)/b12-7-. The first-order valence-electron chi connectivity index (χ1n) is 5.92. The van der Waals surface area contributed by atoms with E-state index in [0.717, 1.165) is 5.56 Å². The highest BCUT2D eigenvalue weighted by atomic mass is 32.1. The lowest BCUT2D eigenvalue weighted by molar-refractivity contribution is -0.122. The van der Waals surface area contributed by atoms with Crippen LogP contribution in [0.3, 0.4) is 0 Å². The number of aromatic amines is 1. The summed E-state index contributed by atoms with van der Waals surface area (Å²) in [6.45, 7) is 3.67. The highest BCUT2D eigenvalue weighted by Crippen LogP contribution is 2.12. The molecule has 0 fully saturated rings. The fraction of sp³-hybridized carbons (Fsp3) is 0.143. The Bertz CT molecular complexity index is 759. The minimum atomic E-state index is -0.186. The molecule has 5 nitrogen and oxygen atoms in total. The van der Waals surface area contributed by atoms with Crippen LogP contribution in [-0.2, 0) is 4.79 Å². The highest BCUT2D eigenvalue weighted by Gasteiger charge is 2.00. The first-order chi connectivity index (χ1) is 9.58. The number of carbonyl (C=O) groups excluding carboxylic acids is 1. The maximum absolute atomic E-state index is 11.5. The van der Waals surface area contributed by atoms with Gasteiger partial charge in [-0.3, -0.25) is 9.59 Å². The summed E-state index contributed by atoms with van der Waals surface area (Å²) in [4.78, 5) is 25.2. The molecular formula is C14H14N2O3S. The predicted octanol–water partition coefficient (Wildman–Crippen LogP) is -0.200. The van der Waals surface area contributed by atoms with Gasteiger partial charge in [0, 0.05) is 7.05 Å². The van der Waals surface area contributed by atoms with E-state index >= 15 is 0 Å². The highest BCUT2D eigenvalue weighted by molar-refractivity contribution is 7.07. The van der Waals surface area contributed by atoms with Crippen molar-refractivity contribution in [2.24, 2.45) is 0 Å². The van der Waals surface area contributed by atoms with Gasteiger partial charge >= 0.3 is 0 Å². The summed E-state index contributed by atoms with van der Waals surface area (Å²) < 4.78 is 6.53. The van der Waals surface area contributed by atoms with Crippen LogP contribution >= 0.6 is 11.3 Å². The predicted molar refractivity (Wildman–Crippen MR) is 79.3 cm³/mol. The molecule has 0 unspecified atom stereocenters. The molecule has 2 rings (SSSR count). The first kappa shape index (κ1) is 14.1. The van der Waals surface area contributed by atoms with E-state index in [2.05, 4.69) is 16.9 Å². The van der Waals surface area contributed by atoms with Crippen LogP contribution in [0.25, 0.3) is 12.7 Å². The van der Waals surface area contributed by atoms with Crippen molar-refractivity contribution in [1.82, 2.24) is 10.3 Å². The number of nitrogens with one attached hydrogen (secondary N) is 2. The Labute approximate surface area is 119 Å². The molecule has 0 aliphatic heterocycles. The molecule has 2 N–H and O–H groups in total. The number of rotatable bonds is 4. The third kappa shape index (κ3) is 3.58. The molecule has 0 saturated carbocycles. The van der Waals surface area contributed by atoms with Crippen LogP contribution in [0.1, 0.15) is 5.56 Å². The molecule has 20 heavy (non-hydrogen) atoms. The van der Waals surface area contributed by atoms with Crippen LogP contribution in [0.15, 0.2) is 29.1 Å². The molecule has 0 radical (unpaired) electrons. The van der Waals surface area contributed by atoms with E-state index in [1.54, 1.807) is 25.3 Å². The summed E-state index contributed by atoms with van der Waals surface area (Å²) in [5.41, 5.74) is 0.740. The Morgan fingerprint density at radius 3 is 2.70 bits per heavy atom. The molecule has 1 aromatic heterocycles. The quantitative estimate of drug-likeness (QED) is 0.819. The van der Waals surface area contributed by atoms with Crippen LogP contribution < -0.4 is 24.8 Å². The van der Waals surface area contributed by atoms with Gasteiger partial charge in [0.05, 0.1) is 9.20 Å². The van der Waals surface area contributed by atoms with E-state index in [1.165, 1.54) is 11.3 Å². The second-order valence-corrected chi connectivity index (χ2v) is 5.16. The Kier molecular flexibility index (Phi) is 4.37. The van der Waals surface area contributed by atoms with E-state index in [9.17, 15) is 9.59 Å². The number of benzene rings is 1. The largest absolute Gasteiger partial charge is 0.484 e. The lowest BCUT2D eigenvalue weighted by Crippen LogP contribution is -2.24. The molecule has 6 heteroatoms. The number of thiazole rings is 1. The minimum absolute atomic E-state index is 0.0188. The van der Waals surface area contributed by atoms with Crippen molar-refractivity contribution in [3.63, 3.8) is 0 Å². The van der Waals surface area contributed by atoms with Crippen molar-refractivity contribution >= 4 is 29.9 Å². The van der Waals surface area contributed by atoms with Gasteiger partial charge in [0.25, 0.3) is 11.5 Å². The van der Waals surface area contributed by atoms with Gasteiger partial charge < -0.3 is 15.0 Å². The van der Waals surface area contributed by atoms with Crippen molar-refractivity contribution in [2.45, 2.75) is 0 Å². The Morgan fingerprint density at radius 1 is 1.45 bits per heavy atom. The van der Waals surface area contributed by atoms with Crippen LogP contribution in [0.5, 0.6) is 5.75 Å². The lowest BCUT2D eigenvalue weighted by atomic mass is 10.2. The van der Waals surface area contributed by atoms with E-state index in [1.807, 2.05) is 12.1 Å². The maximum atomic E-state index is 11.5. The zero-order valence-electron chi connectivity index (χ0n) is 10.9. The summed E-state index contributed by atoms with van der Waals surface area (Å²) in [6.07, 6.45) is 1.78. The van der Waals surface area contributed by atoms with Gasteiger partial charge in [-0.1, -0.05) is 18.7 Å². The molecular weight excluding hydrogens is 276 g/mol. The zero-order valence-corrected chi connectivity index (χ0v) is 11.8. The topological polar surface area (TPSA) is 71.2 Å². The summed E-state index contributed by atoms with van der Waals surface area (Å²) in [6, 6.07) is 7.14. The van der Waals surface area contributed by atoms with E-state index in [-0.39, 0.29) is 18.1 Å². The van der Waals surface area contributed by atoms with Gasteiger partial charge in [0.2, 0.25) is 0 Å². The van der Waals surface area contributed by atoms with Crippen LogP contribution in [-0.4, -0.2) is 24.5 Å². The lowest BCUT2D eigenvalue weighted by Gasteiger charge is -2.04. The van der Waals surface area contributed by atoms with Gasteiger partial charge in [-0.05, 0) is 23.8 Å². The summed E-state index contributed by atoms with van der Waals surface area (Å²) in [5, 5.41) is 2.47. The van der Waals surface area contributed by atoms with E-state index in [4.69, 9.17) is 4.74 Å². The molecule has 0 aliphatic rings. The summed E-state index contributed by atoms with van der Waals surface area (Å²) in [5.74, 6) is 0.414. The second kappa shape index (κ2) is 6.21. The molecule has 0 spiro atoms. The van der Waals surface area contributed by atoms with Gasteiger partial charge in [-0.2, -0.15) is 0 Å². The number of likely N-dealkylation sites (N-methyl/N-ethyl adjacent to an activating group) is 1. The second-order valence-electron chi connectivity index (χ2n) is 4.02. The summed E-state index contributed by atoms with van der Waals surface area (Å²) in [7, 11) is 1.55. The van der Waals surface area contributed by atoms with Crippen LogP contribution in [0.4, 0.5) is 0 Å². The summed E-state index contributed by atoms with van der Waals surface area (Å²) >= 11 is 1.31. The number of aromatic nitrogens is 1. The SMILES string of the molecule is C=c1[nH]c(=O)/c(=C/c2ccc(OCC(=O)NC)cc2)s1. The molecule has 1 amide bonds. The van der Waals surface area contributed by atoms with E-state index in [0.29, 0.717) is 14.9 Å². The fourth-order valence-corrected chi connectivity index (χ4v) is 2.27. The van der Waals surface area contributed by atoms with E-state index < -0.39 is 0 Å². The average molecular weight is 290 g/mol. The fourth-order valence-electron chi connectivity index (χ4n) is 1.52. The van der Waals surface area contributed by atoms with Crippen molar-refractivity contribution in [1.29, 1.82) is 0 Å². The van der Waals surface area contributed by atoms with Gasteiger partial charge in [-0.25, -0.2) is 0 Å². The minimum Gasteiger partial charge on any atom is -0.484 e. The van der Waals surface area contributed by atoms with Gasteiger partial charge in [0.1, 0.15) is 5.75 Å². The Hall–Kier alpha value is -2.34. The Balaban J connectivity index is 2.15. The van der Waals surface area contributed by atoms with Gasteiger partial charge in [0.15, 0.2) is 6.61 Å². The molecule has 0 aliphatic carbocycles. The number of hydrogen-bond donors (Lipinski definition) is 2. The number of hydrogen-bond acceptors (Lipinski definition) is 4. The average Bonchev–Trinajstić information content (AvgIpc) is 2.75. The smallest absolute Gasteiger partial charge is 0.266 e. The molecule has 2 aromatic rings. The third-order valence-corrected chi connectivity index (χ3v) is 3.41. The first-order valence-corrected chi connectivity index (χ1v) is 6.73. The normalized spacial score (nSPS) is 11.3. The third-order valence-electron chi connectivity index (χ3n) is 2.54. The van der Waals surface area contributed by atoms with Crippen molar-refractivity contribution < 1.29 is 9.53 Å². The molecule has 1 heterocycles. The van der Waals surface area contributed by atoms with Crippen LogP contribution in [0.2, 0.25) is 0 Å². The maximum Gasteiger partial charge on any atom is 0.266 e. The van der Waals surface area contributed by atoms with Crippen molar-refractivity contribution in [3.05, 3.63) is 49.4 Å². The monoisotopic (exact) mass is 290 g/mol. The Morgan fingerprint density at radius 2 is 2.15 bits per heavy atom. The van der Waals surface area contributed by atoms with Gasteiger partial charge in [-0.15, -0.1) is 11.3 Å². The molecule has 0 bridgehead atoms. The number of H-pyrrole nitrogens is 1. The molecule has 0 saturated heterocycles. The molecule has 0 atom stereocenters. The molecule has 104 valence electrons. The van der Waals surface area contributed by atoms with Crippen LogP contribution in [0, 0.1) is 0 Å². The van der Waals surface area contributed by atoms with Crippen molar-refractivity contribution in [2.75, 3.05) is 13.7 Å². The zero-order chi connectivity index (χ0) is 14.5.